The third kappa shape index (κ3) is 3.33. The Morgan fingerprint density at radius 1 is 1.35 bits per heavy atom. The molecule has 1 aromatic rings. The Balaban J connectivity index is 1.92. The normalized spacial score (nSPS) is 23.6. The molecule has 1 saturated heterocycles. The predicted octanol–water partition coefficient (Wildman–Crippen LogP) is 3.21. The van der Waals surface area contributed by atoms with Crippen molar-refractivity contribution in [3.8, 4) is 0 Å². The summed E-state index contributed by atoms with van der Waals surface area (Å²) in [7, 11) is 0. The number of halogens is 1. The summed E-state index contributed by atoms with van der Waals surface area (Å²) >= 11 is 6.22. The van der Waals surface area contributed by atoms with Crippen LogP contribution in [0.15, 0.2) is 30.3 Å². The van der Waals surface area contributed by atoms with E-state index in [1.165, 1.54) is 0 Å². The second-order valence-electron chi connectivity index (χ2n) is 5.27. The Labute approximate surface area is 125 Å². The average Bonchev–Trinajstić information content (AvgIpc) is 2.45. The summed E-state index contributed by atoms with van der Waals surface area (Å²) in [5.74, 6) is 0.0758. The Bertz CT molecular complexity index is 435. The molecular formula is C16H22ClNO2. The number of hydrogen-bond acceptors (Lipinski definition) is 2. The van der Waals surface area contributed by atoms with Crippen LogP contribution in [0.5, 0.6) is 0 Å². The van der Waals surface area contributed by atoms with Gasteiger partial charge in [0.25, 0.3) is 5.91 Å². The number of rotatable bonds is 7. The fourth-order valence-electron chi connectivity index (χ4n) is 2.54. The molecule has 3 nitrogen and oxygen atoms in total. The van der Waals surface area contributed by atoms with E-state index in [0.29, 0.717) is 6.61 Å². The molecule has 2 rings (SSSR count). The third-order valence-corrected chi connectivity index (χ3v) is 3.95. The van der Waals surface area contributed by atoms with Crippen molar-refractivity contribution in [3.63, 3.8) is 0 Å². The second kappa shape index (κ2) is 7.09. The summed E-state index contributed by atoms with van der Waals surface area (Å²) in [5, 5.41) is -0.0923. The van der Waals surface area contributed by atoms with E-state index in [2.05, 4.69) is 6.92 Å². The molecule has 1 amide bonds. The number of hydrogen-bond donors (Lipinski definition) is 0. The van der Waals surface area contributed by atoms with Crippen LogP contribution in [0.1, 0.15) is 32.3 Å². The van der Waals surface area contributed by atoms with Gasteiger partial charge in [0.2, 0.25) is 0 Å². The summed E-state index contributed by atoms with van der Waals surface area (Å²) in [6.45, 7) is 5.28. The van der Waals surface area contributed by atoms with Crippen molar-refractivity contribution in [1.82, 2.24) is 4.90 Å². The van der Waals surface area contributed by atoms with Crippen molar-refractivity contribution >= 4 is 17.5 Å². The molecule has 4 heteroatoms. The fourth-order valence-corrected chi connectivity index (χ4v) is 2.81. The number of β-lactam (4-membered cyclic amide) rings is 1. The lowest BCUT2D eigenvalue weighted by atomic mass is 9.94. The summed E-state index contributed by atoms with van der Waals surface area (Å²) in [6.07, 6.45) is 1.69. The van der Waals surface area contributed by atoms with Crippen molar-refractivity contribution in [3.05, 3.63) is 35.9 Å². The highest BCUT2D eigenvalue weighted by Crippen LogP contribution is 2.29. The van der Waals surface area contributed by atoms with E-state index in [-0.39, 0.29) is 23.4 Å². The lowest BCUT2D eigenvalue weighted by molar-refractivity contribution is -0.175. The van der Waals surface area contributed by atoms with Crippen LogP contribution < -0.4 is 0 Å². The van der Waals surface area contributed by atoms with Gasteiger partial charge in [-0.05, 0) is 18.9 Å². The Kier molecular flexibility index (Phi) is 5.44. The fraction of sp³-hybridized carbons (Fsp3) is 0.562. The van der Waals surface area contributed by atoms with Crippen molar-refractivity contribution < 1.29 is 9.53 Å². The van der Waals surface area contributed by atoms with E-state index in [1.54, 1.807) is 0 Å². The van der Waals surface area contributed by atoms with Gasteiger partial charge < -0.3 is 9.64 Å². The maximum absolute atomic E-state index is 12.1. The Morgan fingerprint density at radius 3 is 2.65 bits per heavy atom. The zero-order valence-corrected chi connectivity index (χ0v) is 12.8. The molecule has 1 aliphatic heterocycles. The van der Waals surface area contributed by atoms with E-state index in [0.717, 1.165) is 24.9 Å². The minimum atomic E-state index is -0.389. The van der Waals surface area contributed by atoms with Crippen LogP contribution in [-0.4, -0.2) is 34.9 Å². The molecular weight excluding hydrogens is 274 g/mol. The predicted molar refractivity (Wildman–Crippen MR) is 80.7 cm³/mol. The Hall–Kier alpha value is -1.06. The number of carbonyl (C=O) groups is 1. The van der Waals surface area contributed by atoms with Crippen LogP contribution in [0.4, 0.5) is 0 Å². The van der Waals surface area contributed by atoms with Gasteiger partial charge in [-0.25, -0.2) is 0 Å². The maximum atomic E-state index is 12.1. The van der Waals surface area contributed by atoms with Gasteiger partial charge in [-0.1, -0.05) is 43.7 Å². The van der Waals surface area contributed by atoms with E-state index < -0.39 is 0 Å². The largest absolute Gasteiger partial charge is 0.361 e. The van der Waals surface area contributed by atoms with Gasteiger partial charge in [-0.2, -0.15) is 0 Å². The summed E-state index contributed by atoms with van der Waals surface area (Å²) < 4.78 is 5.78. The van der Waals surface area contributed by atoms with Gasteiger partial charge in [0.15, 0.2) is 6.10 Å². The maximum Gasteiger partial charge on any atom is 0.254 e. The number of benzene rings is 1. The molecule has 1 heterocycles. The molecule has 110 valence electrons. The highest BCUT2D eigenvalue weighted by atomic mass is 35.5. The molecule has 3 atom stereocenters. The minimum absolute atomic E-state index is 0.000529. The third-order valence-electron chi connectivity index (χ3n) is 3.69. The number of alkyl halides is 1. The van der Waals surface area contributed by atoms with Gasteiger partial charge in [0, 0.05) is 6.54 Å². The zero-order valence-electron chi connectivity index (χ0n) is 12.1. The standard InChI is InChI=1S/C16H22ClNO2/c1-3-4-10-18-14(12(2)17)15(16(18)19)20-11-13-8-6-5-7-9-13/h5-9,12,14-15H,3-4,10-11H2,1-2H3/t12-,14+,15-/m0/s1. The van der Waals surface area contributed by atoms with Crippen LogP contribution in [0, 0.1) is 0 Å². The lowest BCUT2D eigenvalue weighted by Gasteiger charge is -2.48. The topological polar surface area (TPSA) is 29.5 Å². The smallest absolute Gasteiger partial charge is 0.254 e. The SMILES string of the molecule is CCCCN1C(=O)[C@@H](OCc2ccccc2)[C@H]1[C@H](C)Cl. The van der Waals surface area contributed by atoms with E-state index in [9.17, 15) is 4.79 Å². The summed E-state index contributed by atoms with van der Waals surface area (Å²) in [5.41, 5.74) is 1.08. The monoisotopic (exact) mass is 295 g/mol. The first-order chi connectivity index (χ1) is 9.65. The first kappa shape index (κ1) is 15.3. The zero-order chi connectivity index (χ0) is 14.5. The van der Waals surface area contributed by atoms with Crippen LogP contribution in [0.25, 0.3) is 0 Å². The van der Waals surface area contributed by atoms with Crippen LogP contribution in [0.2, 0.25) is 0 Å². The average molecular weight is 296 g/mol. The van der Waals surface area contributed by atoms with Crippen LogP contribution in [0.3, 0.4) is 0 Å². The second-order valence-corrected chi connectivity index (χ2v) is 5.96. The molecule has 0 radical (unpaired) electrons. The first-order valence-corrected chi connectivity index (χ1v) is 7.69. The van der Waals surface area contributed by atoms with Gasteiger partial charge in [-0.15, -0.1) is 11.6 Å². The quantitative estimate of drug-likeness (QED) is 0.571. The molecule has 0 aromatic heterocycles. The van der Waals surface area contributed by atoms with E-state index >= 15 is 0 Å². The van der Waals surface area contributed by atoms with Crippen molar-refractivity contribution in [2.75, 3.05) is 6.54 Å². The highest BCUT2D eigenvalue weighted by molar-refractivity contribution is 6.21. The number of ether oxygens (including phenoxy) is 1. The molecule has 0 N–H and O–H groups in total. The van der Waals surface area contributed by atoms with Gasteiger partial charge in [0.1, 0.15) is 0 Å². The van der Waals surface area contributed by atoms with Crippen LogP contribution in [-0.2, 0) is 16.1 Å². The van der Waals surface area contributed by atoms with Gasteiger partial charge >= 0.3 is 0 Å². The molecule has 0 aliphatic carbocycles. The number of nitrogens with zero attached hydrogens (tertiary/aromatic N) is 1. The number of carbonyl (C=O) groups excluding carboxylic acids is 1. The number of amides is 1. The molecule has 0 unspecified atom stereocenters. The molecule has 1 fully saturated rings. The van der Waals surface area contributed by atoms with Crippen molar-refractivity contribution in [2.24, 2.45) is 0 Å². The van der Waals surface area contributed by atoms with E-state index in [4.69, 9.17) is 16.3 Å². The highest BCUT2D eigenvalue weighted by Gasteiger charge is 2.49. The van der Waals surface area contributed by atoms with Gasteiger partial charge in [0.05, 0.1) is 18.0 Å². The molecule has 1 aliphatic rings. The molecule has 20 heavy (non-hydrogen) atoms. The molecule has 0 spiro atoms. The molecule has 0 bridgehead atoms. The Morgan fingerprint density at radius 2 is 2.05 bits per heavy atom. The molecule has 1 aromatic carbocycles. The van der Waals surface area contributed by atoms with Crippen LogP contribution >= 0.6 is 11.6 Å². The number of unbranched alkanes of at least 4 members (excludes halogenated alkanes) is 1. The van der Waals surface area contributed by atoms with Gasteiger partial charge in [-0.3, -0.25) is 4.79 Å². The summed E-state index contributed by atoms with van der Waals surface area (Å²) in [6, 6.07) is 9.90. The lowest BCUT2D eigenvalue weighted by Crippen LogP contribution is -2.68. The van der Waals surface area contributed by atoms with Crippen molar-refractivity contribution in [1.29, 1.82) is 0 Å². The first-order valence-electron chi connectivity index (χ1n) is 7.25. The minimum Gasteiger partial charge on any atom is -0.361 e. The van der Waals surface area contributed by atoms with Crippen molar-refractivity contribution in [2.45, 2.75) is 50.8 Å². The summed E-state index contributed by atoms with van der Waals surface area (Å²) in [4.78, 5) is 14.0. The van der Waals surface area contributed by atoms with E-state index in [1.807, 2.05) is 42.2 Å². The number of likely N-dealkylation sites (tertiary alicyclic amines) is 1. The molecule has 0 saturated carbocycles.